The Morgan fingerprint density at radius 3 is 2.53 bits per heavy atom. The minimum absolute atomic E-state index is 0.00404. The molecule has 1 atom stereocenters. The second kappa shape index (κ2) is 10.9. The van der Waals surface area contributed by atoms with Gasteiger partial charge in [-0.2, -0.15) is 0 Å². The summed E-state index contributed by atoms with van der Waals surface area (Å²) in [6, 6.07) is 19.3. The number of carbonyl (C=O) groups is 2. The number of benzene rings is 2. The first kappa shape index (κ1) is 23.4. The van der Waals surface area contributed by atoms with Crippen LogP contribution in [0.3, 0.4) is 0 Å². The number of hydrogen-bond donors (Lipinski definition) is 1. The number of amides is 1. The van der Waals surface area contributed by atoms with Crippen LogP contribution in [0.1, 0.15) is 47.5 Å². The zero-order chi connectivity index (χ0) is 23.9. The zero-order valence-electron chi connectivity index (χ0n) is 19.2. The summed E-state index contributed by atoms with van der Waals surface area (Å²) in [5, 5.41) is 8.73. The van der Waals surface area contributed by atoms with E-state index in [0.717, 1.165) is 35.5 Å². The molecule has 1 unspecified atom stereocenters. The molecule has 3 aromatic rings. The Labute approximate surface area is 200 Å². The van der Waals surface area contributed by atoms with Crippen molar-refractivity contribution in [2.75, 3.05) is 6.61 Å². The summed E-state index contributed by atoms with van der Waals surface area (Å²) in [6.07, 6.45) is 7.84. The van der Waals surface area contributed by atoms with Crippen LogP contribution >= 0.6 is 0 Å². The maximum Gasteiger partial charge on any atom is 0.303 e. The molecule has 6 nitrogen and oxygen atoms in total. The first-order valence-corrected chi connectivity index (χ1v) is 11.6. The summed E-state index contributed by atoms with van der Waals surface area (Å²) >= 11 is 0. The highest BCUT2D eigenvalue weighted by Crippen LogP contribution is 2.37. The molecule has 1 heterocycles. The van der Waals surface area contributed by atoms with Crippen LogP contribution in [0.25, 0.3) is 11.3 Å². The van der Waals surface area contributed by atoms with Crippen LogP contribution in [-0.2, 0) is 4.79 Å². The maximum absolute atomic E-state index is 13.5. The van der Waals surface area contributed by atoms with Gasteiger partial charge in [0.2, 0.25) is 0 Å². The second-order valence-electron chi connectivity index (χ2n) is 8.43. The molecule has 4 rings (SSSR count). The van der Waals surface area contributed by atoms with Crippen molar-refractivity contribution in [3.63, 3.8) is 0 Å². The number of carboxylic acid groups (broad SMARTS) is 1. The molecule has 1 amide bonds. The second-order valence-corrected chi connectivity index (χ2v) is 8.43. The lowest BCUT2D eigenvalue weighted by molar-refractivity contribution is -0.136. The fourth-order valence-corrected chi connectivity index (χ4v) is 4.02. The van der Waals surface area contributed by atoms with Gasteiger partial charge in [-0.05, 0) is 49.6 Å². The van der Waals surface area contributed by atoms with Crippen LogP contribution in [0.4, 0.5) is 0 Å². The molecule has 0 saturated heterocycles. The van der Waals surface area contributed by atoms with Gasteiger partial charge in [-0.25, -0.2) is 0 Å². The molecule has 0 bridgehead atoms. The molecule has 1 aromatic heterocycles. The van der Waals surface area contributed by atoms with Crippen molar-refractivity contribution in [3.05, 3.63) is 90.2 Å². The van der Waals surface area contributed by atoms with Crippen molar-refractivity contribution >= 4 is 19.7 Å². The molecular weight excluding hydrogens is 429 g/mol. The van der Waals surface area contributed by atoms with Gasteiger partial charge in [0, 0.05) is 35.1 Å². The molecule has 0 aliphatic heterocycles. The van der Waals surface area contributed by atoms with Crippen molar-refractivity contribution < 1.29 is 23.8 Å². The standard InChI is InChI=1S/C27H28BNO5/c28-26(22-7-3-4-8-24(22)34-17-5-1-2-10-25(30)31)29(21-15-16-21)27(32)20-13-11-19(12-14-20)23-9-6-18-33-23/h1,3-9,11-14,18,21,26H,2,10,15-17,28H2,(H,30,31)/b5-1-. The van der Waals surface area contributed by atoms with Crippen molar-refractivity contribution in [2.45, 2.75) is 37.7 Å². The number of hydrogen-bond acceptors (Lipinski definition) is 4. The van der Waals surface area contributed by atoms with Gasteiger partial charge in [-0.3, -0.25) is 9.59 Å². The SMILES string of the molecule is BC(c1ccccc1OC/C=C\CCC(=O)O)N(C(=O)c1ccc(-c2ccco2)cc1)C1CC1. The van der Waals surface area contributed by atoms with E-state index in [4.69, 9.17) is 14.3 Å². The third kappa shape index (κ3) is 5.79. The van der Waals surface area contributed by atoms with E-state index in [1.165, 1.54) is 0 Å². The molecule has 0 radical (unpaired) electrons. The number of carboxylic acids is 1. The Morgan fingerprint density at radius 2 is 1.85 bits per heavy atom. The van der Waals surface area contributed by atoms with Crippen LogP contribution in [-0.4, -0.2) is 42.4 Å². The van der Waals surface area contributed by atoms with Crippen molar-refractivity contribution in [3.8, 4) is 17.1 Å². The third-order valence-electron chi connectivity index (χ3n) is 5.93. The molecule has 7 heteroatoms. The quantitative estimate of drug-likeness (QED) is 0.334. The molecular formula is C27H28BNO5. The molecule has 1 aliphatic carbocycles. The van der Waals surface area contributed by atoms with Gasteiger partial charge in [-0.15, -0.1) is 0 Å². The number of ether oxygens (including phenoxy) is 1. The number of carbonyl (C=O) groups excluding carboxylic acids is 1. The van der Waals surface area contributed by atoms with E-state index >= 15 is 0 Å². The third-order valence-corrected chi connectivity index (χ3v) is 5.93. The fourth-order valence-electron chi connectivity index (χ4n) is 4.02. The van der Waals surface area contributed by atoms with E-state index in [2.05, 4.69) is 0 Å². The Bertz CT molecular complexity index is 1140. The Morgan fingerprint density at radius 1 is 1.09 bits per heavy atom. The molecule has 0 spiro atoms. The highest BCUT2D eigenvalue weighted by molar-refractivity contribution is 6.14. The minimum atomic E-state index is -0.815. The molecule has 2 aromatic carbocycles. The first-order valence-electron chi connectivity index (χ1n) is 11.6. The van der Waals surface area contributed by atoms with Gasteiger partial charge in [0.05, 0.1) is 6.26 Å². The smallest absolute Gasteiger partial charge is 0.303 e. The molecule has 1 fully saturated rings. The first-order chi connectivity index (χ1) is 16.5. The van der Waals surface area contributed by atoms with Crippen molar-refractivity contribution in [1.29, 1.82) is 0 Å². The van der Waals surface area contributed by atoms with E-state index < -0.39 is 5.97 Å². The Hall–Kier alpha value is -3.74. The molecule has 1 saturated carbocycles. The summed E-state index contributed by atoms with van der Waals surface area (Å²) in [5.74, 6) is 0.533. The highest BCUT2D eigenvalue weighted by Gasteiger charge is 2.37. The average Bonchev–Trinajstić information content (AvgIpc) is 3.52. The maximum atomic E-state index is 13.5. The van der Waals surface area contributed by atoms with Crippen LogP contribution in [0, 0.1) is 0 Å². The normalized spacial score (nSPS) is 14.1. The van der Waals surface area contributed by atoms with E-state index in [1.54, 1.807) is 6.26 Å². The topological polar surface area (TPSA) is 80.0 Å². The van der Waals surface area contributed by atoms with Gasteiger partial charge in [0.25, 0.3) is 5.91 Å². The van der Waals surface area contributed by atoms with E-state index in [-0.39, 0.29) is 24.3 Å². The number of furan rings is 1. The van der Waals surface area contributed by atoms with Gasteiger partial charge in [0.1, 0.15) is 26.0 Å². The zero-order valence-corrected chi connectivity index (χ0v) is 19.2. The molecule has 34 heavy (non-hydrogen) atoms. The van der Waals surface area contributed by atoms with Crippen molar-refractivity contribution in [2.24, 2.45) is 0 Å². The molecule has 1 aliphatic rings. The molecule has 174 valence electrons. The Kier molecular flexibility index (Phi) is 7.53. The Balaban J connectivity index is 1.47. The summed E-state index contributed by atoms with van der Waals surface area (Å²) in [6.45, 7) is 0.342. The van der Waals surface area contributed by atoms with Crippen LogP contribution in [0.15, 0.2) is 83.5 Å². The van der Waals surface area contributed by atoms with Crippen LogP contribution in [0.2, 0.25) is 0 Å². The summed E-state index contributed by atoms with van der Waals surface area (Å²) in [4.78, 5) is 26.1. The van der Waals surface area contributed by atoms with E-state index in [0.29, 0.717) is 18.6 Å². The van der Waals surface area contributed by atoms with Crippen molar-refractivity contribution in [1.82, 2.24) is 4.90 Å². The number of nitrogens with zero attached hydrogens (tertiary/aromatic N) is 1. The fraction of sp³-hybridized carbons (Fsp3) is 0.259. The summed E-state index contributed by atoms with van der Waals surface area (Å²) in [5.41, 5.74) is 2.53. The summed E-state index contributed by atoms with van der Waals surface area (Å²) in [7, 11) is 2.04. The number of allylic oxidation sites excluding steroid dienone is 1. The van der Waals surface area contributed by atoms with Gasteiger partial charge in [0.15, 0.2) is 0 Å². The predicted octanol–water partition coefficient (Wildman–Crippen LogP) is 4.68. The average molecular weight is 457 g/mol. The predicted molar refractivity (Wildman–Crippen MR) is 133 cm³/mol. The van der Waals surface area contributed by atoms with Crippen LogP contribution < -0.4 is 4.74 Å². The largest absolute Gasteiger partial charge is 0.489 e. The van der Waals surface area contributed by atoms with Gasteiger partial charge < -0.3 is 19.2 Å². The number of rotatable bonds is 11. The number of aliphatic carboxylic acids is 1. The van der Waals surface area contributed by atoms with Gasteiger partial charge >= 0.3 is 5.97 Å². The van der Waals surface area contributed by atoms with E-state index in [9.17, 15) is 9.59 Å². The minimum Gasteiger partial charge on any atom is -0.489 e. The lowest BCUT2D eigenvalue weighted by Gasteiger charge is -2.31. The van der Waals surface area contributed by atoms with Gasteiger partial charge in [-0.1, -0.05) is 42.5 Å². The molecule has 1 N–H and O–H groups in total. The lowest BCUT2D eigenvalue weighted by Crippen LogP contribution is -2.37. The van der Waals surface area contributed by atoms with Crippen LogP contribution in [0.5, 0.6) is 5.75 Å². The highest BCUT2D eigenvalue weighted by atomic mass is 16.5. The monoisotopic (exact) mass is 457 g/mol. The van der Waals surface area contributed by atoms with E-state index in [1.807, 2.05) is 85.6 Å². The summed E-state index contributed by atoms with van der Waals surface area (Å²) < 4.78 is 11.4. The lowest BCUT2D eigenvalue weighted by atomic mass is 9.86. The number of para-hydroxylation sites is 1.